The Bertz CT molecular complexity index is 707. The van der Waals surface area contributed by atoms with E-state index in [9.17, 15) is 13.5 Å². The monoisotopic (exact) mass is 308 g/mol. The van der Waals surface area contributed by atoms with Crippen LogP contribution >= 0.6 is 0 Å². The molecule has 2 N–H and O–H groups in total. The maximum atomic E-state index is 12.4. The fourth-order valence-electron chi connectivity index (χ4n) is 2.43. The maximum absolute atomic E-state index is 12.4. The van der Waals surface area contributed by atoms with Gasteiger partial charge in [-0.05, 0) is 12.1 Å². The maximum Gasteiger partial charge on any atom is 0.246 e. The third-order valence-electron chi connectivity index (χ3n) is 3.57. The lowest BCUT2D eigenvalue weighted by Gasteiger charge is -2.35. The van der Waals surface area contributed by atoms with Crippen molar-refractivity contribution >= 4 is 15.7 Å². The number of H-pyrrole nitrogens is 1. The normalized spacial score (nSPS) is 17.0. The van der Waals surface area contributed by atoms with Crippen molar-refractivity contribution in [1.82, 2.24) is 14.5 Å². The van der Waals surface area contributed by atoms with Gasteiger partial charge in [0.2, 0.25) is 10.0 Å². The number of aromatic hydroxyl groups is 1. The molecule has 3 rings (SSSR count). The van der Waals surface area contributed by atoms with Gasteiger partial charge in [-0.15, -0.1) is 0 Å². The number of sulfonamides is 1. The van der Waals surface area contributed by atoms with E-state index in [4.69, 9.17) is 0 Å². The quantitative estimate of drug-likeness (QED) is 0.868. The Kier molecular flexibility index (Phi) is 3.56. The minimum atomic E-state index is -3.48. The van der Waals surface area contributed by atoms with E-state index >= 15 is 0 Å². The summed E-state index contributed by atoms with van der Waals surface area (Å²) in [5.41, 5.74) is 0.734. The van der Waals surface area contributed by atoms with Gasteiger partial charge in [0.25, 0.3) is 0 Å². The van der Waals surface area contributed by atoms with Crippen LogP contribution in [0, 0.1) is 0 Å². The van der Waals surface area contributed by atoms with E-state index < -0.39 is 10.0 Å². The Morgan fingerprint density at radius 2 is 1.86 bits per heavy atom. The molecule has 1 aromatic heterocycles. The van der Waals surface area contributed by atoms with E-state index in [1.54, 1.807) is 12.1 Å². The molecule has 2 heterocycles. The second-order valence-corrected chi connectivity index (χ2v) is 6.75. The van der Waals surface area contributed by atoms with Crippen molar-refractivity contribution in [3.63, 3.8) is 0 Å². The van der Waals surface area contributed by atoms with Crippen molar-refractivity contribution in [1.29, 1.82) is 0 Å². The topological polar surface area (TPSA) is 89.5 Å². The first kappa shape index (κ1) is 13.9. The fourth-order valence-corrected chi connectivity index (χ4v) is 3.76. The predicted molar refractivity (Wildman–Crippen MR) is 77.7 cm³/mol. The third kappa shape index (κ3) is 2.59. The van der Waals surface area contributed by atoms with E-state index in [0.717, 1.165) is 5.69 Å². The van der Waals surface area contributed by atoms with Gasteiger partial charge < -0.3 is 10.0 Å². The molecule has 0 spiro atoms. The van der Waals surface area contributed by atoms with Gasteiger partial charge in [0.1, 0.15) is 10.6 Å². The fraction of sp³-hybridized carbons (Fsp3) is 0.308. The molecule has 0 atom stereocenters. The van der Waals surface area contributed by atoms with E-state index in [2.05, 4.69) is 10.2 Å². The largest absolute Gasteiger partial charge is 0.506 e. The van der Waals surface area contributed by atoms with E-state index in [1.807, 2.05) is 17.0 Å². The number of nitrogens with one attached hydrogen (secondary N) is 1. The van der Waals surface area contributed by atoms with Gasteiger partial charge >= 0.3 is 0 Å². The van der Waals surface area contributed by atoms with Crippen LogP contribution in [0.2, 0.25) is 0 Å². The number of phenolic OH excluding ortho intramolecular Hbond substituents is 1. The second kappa shape index (κ2) is 5.38. The van der Waals surface area contributed by atoms with Crippen LogP contribution in [0.4, 0.5) is 5.69 Å². The summed E-state index contributed by atoms with van der Waals surface area (Å²) >= 11 is 0. The molecule has 1 aliphatic heterocycles. The van der Waals surface area contributed by atoms with E-state index in [0.29, 0.717) is 26.2 Å². The smallest absolute Gasteiger partial charge is 0.246 e. The molecular weight excluding hydrogens is 292 g/mol. The van der Waals surface area contributed by atoms with Crippen LogP contribution in [0.5, 0.6) is 5.75 Å². The Morgan fingerprint density at radius 3 is 2.48 bits per heavy atom. The summed E-state index contributed by atoms with van der Waals surface area (Å²) < 4.78 is 26.2. The number of phenols is 1. The molecule has 1 saturated heterocycles. The molecule has 0 radical (unpaired) electrons. The van der Waals surface area contributed by atoms with Crippen LogP contribution in [-0.2, 0) is 10.0 Å². The van der Waals surface area contributed by atoms with Gasteiger partial charge in [-0.25, -0.2) is 8.42 Å². The summed E-state index contributed by atoms with van der Waals surface area (Å²) in [7, 11) is -3.48. The molecule has 8 heteroatoms. The first-order chi connectivity index (χ1) is 10.1. The highest BCUT2D eigenvalue weighted by molar-refractivity contribution is 7.89. The number of hydrogen-bond acceptors (Lipinski definition) is 5. The van der Waals surface area contributed by atoms with Crippen LogP contribution in [0.3, 0.4) is 0 Å². The highest BCUT2D eigenvalue weighted by Gasteiger charge is 2.29. The summed E-state index contributed by atoms with van der Waals surface area (Å²) in [6.07, 6.45) is 2.69. The van der Waals surface area contributed by atoms with Gasteiger partial charge in [0, 0.05) is 32.4 Å². The van der Waals surface area contributed by atoms with Crippen molar-refractivity contribution in [3.8, 4) is 5.75 Å². The molecule has 0 unspecified atom stereocenters. The average Bonchev–Trinajstić information content (AvgIpc) is 3.03. The average molecular weight is 308 g/mol. The van der Waals surface area contributed by atoms with Crippen LogP contribution in [0.25, 0.3) is 0 Å². The molecule has 1 aromatic carbocycles. The van der Waals surface area contributed by atoms with Crippen LogP contribution in [0.15, 0.2) is 41.6 Å². The number of aromatic amines is 1. The molecule has 1 fully saturated rings. The lowest BCUT2D eigenvalue weighted by atomic mass is 10.2. The van der Waals surface area contributed by atoms with E-state index in [-0.39, 0.29) is 10.6 Å². The van der Waals surface area contributed by atoms with Gasteiger partial charge in [-0.3, -0.25) is 5.10 Å². The second-order valence-electron chi connectivity index (χ2n) is 4.81. The summed E-state index contributed by atoms with van der Waals surface area (Å²) in [6.45, 7) is 1.83. The Hall–Kier alpha value is -2.06. The van der Waals surface area contributed by atoms with Gasteiger partial charge in [0.15, 0.2) is 0 Å². The molecule has 112 valence electrons. The third-order valence-corrected chi connectivity index (χ3v) is 5.44. The van der Waals surface area contributed by atoms with Crippen LogP contribution in [-0.4, -0.2) is 54.2 Å². The number of aromatic nitrogens is 2. The molecule has 0 saturated carbocycles. The minimum absolute atomic E-state index is 0.179. The summed E-state index contributed by atoms with van der Waals surface area (Å²) in [6, 6.07) is 7.07. The Labute approximate surface area is 122 Å². The van der Waals surface area contributed by atoms with Gasteiger partial charge in [-0.2, -0.15) is 9.40 Å². The molecular formula is C13H16N4O3S. The van der Waals surface area contributed by atoms with E-state index in [1.165, 1.54) is 16.7 Å². The Balaban J connectivity index is 1.73. The summed E-state index contributed by atoms with van der Waals surface area (Å²) in [4.78, 5) is 2.16. The van der Waals surface area contributed by atoms with Gasteiger partial charge in [-0.1, -0.05) is 12.1 Å². The predicted octanol–water partition coefficient (Wildman–Crippen LogP) is 0.626. The van der Waals surface area contributed by atoms with Crippen LogP contribution < -0.4 is 4.90 Å². The minimum Gasteiger partial charge on any atom is -0.506 e. The van der Waals surface area contributed by atoms with Crippen LogP contribution in [0.1, 0.15) is 0 Å². The lowest BCUT2D eigenvalue weighted by Crippen LogP contribution is -2.48. The standard InChI is InChI=1S/C13H16N4O3S/c18-13-4-2-1-3-12(13)16-5-7-17(8-6-16)21(19,20)11-9-14-15-10-11/h1-4,9-10,18H,5-8H2,(H,14,15). The van der Waals surface area contributed by atoms with Gasteiger partial charge in [0.05, 0.1) is 11.9 Å². The SMILES string of the molecule is O=S(=O)(c1cn[nH]c1)N1CCN(c2ccccc2O)CC1. The zero-order valence-electron chi connectivity index (χ0n) is 11.3. The zero-order valence-corrected chi connectivity index (χ0v) is 12.1. The summed E-state index contributed by atoms with van der Waals surface area (Å²) in [5, 5.41) is 16.1. The van der Waals surface area contributed by atoms with Crippen molar-refractivity contribution in [2.24, 2.45) is 0 Å². The van der Waals surface area contributed by atoms with Crippen molar-refractivity contribution in [3.05, 3.63) is 36.7 Å². The zero-order chi connectivity index (χ0) is 14.9. The number of anilines is 1. The molecule has 1 aliphatic rings. The highest BCUT2D eigenvalue weighted by atomic mass is 32.2. The van der Waals surface area contributed by atoms with Crippen molar-refractivity contribution in [2.45, 2.75) is 4.90 Å². The highest BCUT2D eigenvalue weighted by Crippen LogP contribution is 2.28. The summed E-state index contributed by atoms with van der Waals surface area (Å²) in [5.74, 6) is 0.212. The number of nitrogens with zero attached hydrogens (tertiary/aromatic N) is 3. The van der Waals surface area contributed by atoms with Crippen molar-refractivity contribution < 1.29 is 13.5 Å². The number of benzene rings is 1. The first-order valence-corrected chi connectivity index (χ1v) is 8.05. The Morgan fingerprint density at radius 1 is 1.14 bits per heavy atom. The number of para-hydroxylation sites is 2. The molecule has 2 aromatic rings. The number of hydrogen-bond donors (Lipinski definition) is 2. The molecule has 21 heavy (non-hydrogen) atoms. The molecule has 0 amide bonds. The number of rotatable bonds is 3. The molecule has 0 bridgehead atoms. The number of piperazine rings is 1. The lowest BCUT2D eigenvalue weighted by molar-refractivity contribution is 0.382. The van der Waals surface area contributed by atoms with Crippen molar-refractivity contribution in [2.75, 3.05) is 31.1 Å². The molecule has 7 nitrogen and oxygen atoms in total. The molecule has 0 aliphatic carbocycles. The first-order valence-electron chi connectivity index (χ1n) is 6.61.